The zero-order valence-corrected chi connectivity index (χ0v) is 13.6. The van der Waals surface area contributed by atoms with Gasteiger partial charge in [-0.05, 0) is 36.0 Å². The minimum absolute atomic E-state index is 0.136. The Kier molecular flexibility index (Phi) is 6.25. The van der Waals surface area contributed by atoms with Gasteiger partial charge >= 0.3 is 0 Å². The van der Waals surface area contributed by atoms with Crippen LogP contribution in [0.25, 0.3) is 0 Å². The molecule has 1 amide bonds. The minimum Gasteiger partial charge on any atom is -0.326 e. The molecule has 2 nitrogen and oxygen atoms in total. The Labute approximate surface area is 124 Å². The molecular weight excluding hydrogens is 246 g/mol. The Balaban J connectivity index is 2.66. The van der Waals surface area contributed by atoms with E-state index in [0.29, 0.717) is 0 Å². The summed E-state index contributed by atoms with van der Waals surface area (Å²) < 4.78 is 0. The van der Waals surface area contributed by atoms with Crippen molar-refractivity contribution in [1.82, 2.24) is 0 Å². The highest BCUT2D eigenvalue weighted by molar-refractivity contribution is 5.92. The van der Waals surface area contributed by atoms with Gasteiger partial charge in [-0.2, -0.15) is 0 Å². The second-order valence-corrected chi connectivity index (χ2v) is 6.56. The number of hydrogen-bond acceptors (Lipinski definition) is 1. The van der Waals surface area contributed by atoms with Crippen LogP contribution in [-0.4, -0.2) is 5.91 Å². The van der Waals surface area contributed by atoms with Crippen LogP contribution in [0.2, 0.25) is 0 Å². The smallest absolute Gasteiger partial charge is 0.227 e. The Bertz CT molecular complexity index is 414. The largest absolute Gasteiger partial charge is 0.326 e. The van der Waals surface area contributed by atoms with E-state index in [4.69, 9.17) is 0 Å². The molecule has 1 unspecified atom stereocenters. The number of amides is 1. The molecule has 0 spiro atoms. The Morgan fingerprint density at radius 3 is 2.20 bits per heavy atom. The van der Waals surface area contributed by atoms with Crippen molar-refractivity contribution in [2.24, 2.45) is 5.92 Å². The van der Waals surface area contributed by atoms with Gasteiger partial charge in [-0.3, -0.25) is 4.79 Å². The van der Waals surface area contributed by atoms with Crippen LogP contribution in [0.3, 0.4) is 0 Å². The highest BCUT2D eigenvalue weighted by atomic mass is 16.1. The Hall–Kier alpha value is -1.31. The normalized spacial score (nSPS) is 13.1. The lowest BCUT2D eigenvalue weighted by atomic mass is 9.87. The topological polar surface area (TPSA) is 29.1 Å². The number of unbranched alkanes of at least 4 members (excludes halogenated alkanes) is 1. The Morgan fingerprint density at radius 2 is 1.75 bits per heavy atom. The van der Waals surface area contributed by atoms with Gasteiger partial charge in [0.25, 0.3) is 0 Å². The van der Waals surface area contributed by atoms with Crippen LogP contribution in [0.1, 0.15) is 65.9 Å². The first-order valence-corrected chi connectivity index (χ1v) is 7.79. The second-order valence-electron chi connectivity index (χ2n) is 6.56. The van der Waals surface area contributed by atoms with Gasteiger partial charge in [0.2, 0.25) is 5.91 Å². The van der Waals surface area contributed by atoms with Crippen LogP contribution in [-0.2, 0) is 10.2 Å². The van der Waals surface area contributed by atoms with E-state index in [1.807, 2.05) is 12.1 Å². The summed E-state index contributed by atoms with van der Waals surface area (Å²) in [5.41, 5.74) is 2.33. The lowest BCUT2D eigenvalue weighted by molar-refractivity contribution is -0.120. The first kappa shape index (κ1) is 16.7. The van der Waals surface area contributed by atoms with Crippen molar-refractivity contribution in [2.75, 3.05) is 5.32 Å². The quantitative estimate of drug-likeness (QED) is 0.765. The summed E-state index contributed by atoms with van der Waals surface area (Å²) in [6.45, 7) is 10.8. The van der Waals surface area contributed by atoms with Crippen LogP contribution >= 0.6 is 0 Å². The number of hydrogen-bond donors (Lipinski definition) is 1. The highest BCUT2D eigenvalue weighted by Crippen LogP contribution is 2.24. The monoisotopic (exact) mass is 275 g/mol. The summed E-state index contributed by atoms with van der Waals surface area (Å²) in [5, 5.41) is 3.04. The third kappa shape index (κ3) is 4.99. The molecule has 0 saturated carbocycles. The second kappa shape index (κ2) is 7.47. The van der Waals surface area contributed by atoms with E-state index in [2.05, 4.69) is 52.1 Å². The zero-order chi connectivity index (χ0) is 15.2. The van der Waals surface area contributed by atoms with Crippen LogP contribution in [0.15, 0.2) is 24.3 Å². The molecule has 0 heterocycles. The fraction of sp³-hybridized carbons (Fsp3) is 0.611. The van der Waals surface area contributed by atoms with Crippen LogP contribution in [0.5, 0.6) is 0 Å². The van der Waals surface area contributed by atoms with Gasteiger partial charge in [-0.15, -0.1) is 0 Å². The first-order valence-electron chi connectivity index (χ1n) is 7.79. The molecule has 1 N–H and O–H groups in total. The summed E-state index contributed by atoms with van der Waals surface area (Å²) in [6, 6.07) is 8.21. The lowest BCUT2D eigenvalue weighted by Crippen LogP contribution is -2.22. The molecule has 1 rings (SSSR count). The average molecular weight is 275 g/mol. The minimum atomic E-state index is 0.136. The number of rotatable bonds is 6. The fourth-order valence-electron chi connectivity index (χ4n) is 2.27. The molecule has 0 bridgehead atoms. The molecule has 0 aliphatic heterocycles. The maximum absolute atomic E-state index is 12.2. The van der Waals surface area contributed by atoms with Crippen LogP contribution in [0.4, 0.5) is 5.69 Å². The summed E-state index contributed by atoms with van der Waals surface area (Å²) in [5.74, 6) is 0.293. The lowest BCUT2D eigenvalue weighted by Gasteiger charge is -2.20. The van der Waals surface area contributed by atoms with Gasteiger partial charge in [0, 0.05) is 11.6 Å². The van der Waals surface area contributed by atoms with Gasteiger partial charge < -0.3 is 5.32 Å². The molecule has 0 saturated heterocycles. The standard InChI is InChI=1S/C18H29NO/c1-6-8-9-14(7-2)17(20)19-16-12-10-15(11-13-16)18(3,4)5/h10-14H,6-9H2,1-5H3,(H,19,20). The van der Waals surface area contributed by atoms with E-state index in [1.54, 1.807) is 0 Å². The van der Waals surface area contributed by atoms with Crippen molar-refractivity contribution in [2.45, 2.75) is 65.7 Å². The predicted octanol–water partition coefficient (Wildman–Crippen LogP) is 5.14. The van der Waals surface area contributed by atoms with Crippen molar-refractivity contribution < 1.29 is 4.79 Å². The molecule has 1 aromatic rings. The zero-order valence-electron chi connectivity index (χ0n) is 13.6. The van der Waals surface area contributed by atoms with Gasteiger partial charge in [0.1, 0.15) is 0 Å². The summed E-state index contributed by atoms with van der Waals surface area (Å²) in [7, 11) is 0. The molecule has 1 atom stereocenters. The third-order valence-corrected chi connectivity index (χ3v) is 3.79. The highest BCUT2D eigenvalue weighted by Gasteiger charge is 2.17. The van der Waals surface area contributed by atoms with E-state index in [9.17, 15) is 4.79 Å². The van der Waals surface area contributed by atoms with E-state index in [0.717, 1.165) is 31.4 Å². The van der Waals surface area contributed by atoms with Gasteiger partial charge in [-0.1, -0.05) is 59.6 Å². The van der Waals surface area contributed by atoms with E-state index < -0.39 is 0 Å². The molecule has 20 heavy (non-hydrogen) atoms. The summed E-state index contributed by atoms with van der Waals surface area (Å²) in [4.78, 5) is 12.2. The van der Waals surface area contributed by atoms with Crippen LogP contribution < -0.4 is 5.32 Å². The van der Waals surface area contributed by atoms with Crippen molar-refractivity contribution >= 4 is 11.6 Å². The van der Waals surface area contributed by atoms with Gasteiger partial charge in [0.05, 0.1) is 0 Å². The maximum atomic E-state index is 12.2. The van der Waals surface area contributed by atoms with Crippen molar-refractivity contribution in [3.05, 3.63) is 29.8 Å². The van der Waals surface area contributed by atoms with E-state index in [-0.39, 0.29) is 17.2 Å². The van der Waals surface area contributed by atoms with E-state index in [1.165, 1.54) is 5.56 Å². The third-order valence-electron chi connectivity index (χ3n) is 3.79. The van der Waals surface area contributed by atoms with Crippen molar-refractivity contribution in [1.29, 1.82) is 0 Å². The van der Waals surface area contributed by atoms with Crippen LogP contribution in [0, 0.1) is 5.92 Å². The molecular formula is C18H29NO. The fourth-order valence-corrected chi connectivity index (χ4v) is 2.27. The van der Waals surface area contributed by atoms with Gasteiger partial charge in [-0.25, -0.2) is 0 Å². The first-order chi connectivity index (χ1) is 9.38. The van der Waals surface area contributed by atoms with Crippen molar-refractivity contribution in [3.63, 3.8) is 0 Å². The average Bonchev–Trinajstić information content (AvgIpc) is 2.39. The van der Waals surface area contributed by atoms with Gasteiger partial charge in [0.15, 0.2) is 0 Å². The SMILES string of the molecule is CCCCC(CC)C(=O)Nc1ccc(C(C)(C)C)cc1. The molecule has 0 fully saturated rings. The number of carbonyl (C=O) groups is 1. The molecule has 0 aliphatic rings. The molecule has 0 aliphatic carbocycles. The number of anilines is 1. The number of nitrogens with one attached hydrogen (secondary N) is 1. The molecule has 0 aromatic heterocycles. The van der Waals surface area contributed by atoms with Crippen molar-refractivity contribution in [3.8, 4) is 0 Å². The predicted molar refractivity (Wildman–Crippen MR) is 87.1 cm³/mol. The molecule has 2 heteroatoms. The number of benzene rings is 1. The maximum Gasteiger partial charge on any atom is 0.227 e. The molecule has 0 radical (unpaired) electrons. The summed E-state index contributed by atoms with van der Waals surface area (Å²) in [6.07, 6.45) is 4.16. The number of carbonyl (C=O) groups excluding carboxylic acids is 1. The summed E-state index contributed by atoms with van der Waals surface area (Å²) >= 11 is 0. The molecule has 112 valence electrons. The Morgan fingerprint density at radius 1 is 1.15 bits per heavy atom. The molecule has 1 aromatic carbocycles. The van der Waals surface area contributed by atoms with E-state index >= 15 is 0 Å².